The summed E-state index contributed by atoms with van der Waals surface area (Å²) in [7, 11) is 0. The zero-order chi connectivity index (χ0) is 25.2. The van der Waals surface area contributed by atoms with Crippen LogP contribution in [-0.2, 0) is 11.4 Å². The molecule has 1 aliphatic heterocycles. The Morgan fingerprint density at radius 2 is 1.69 bits per heavy atom. The molecule has 1 aliphatic rings. The van der Waals surface area contributed by atoms with Crippen LogP contribution in [0.1, 0.15) is 47.7 Å². The largest absolute Gasteiger partial charge is 0.392 e. The van der Waals surface area contributed by atoms with E-state index in [9.17, 15) is 9.90 Å². The number of aryl methyl sites for hydroxylation is 1. The van der Waals surface area contributed by atoms with Crippen molar-refractivity contribution in [3.8, 4) is 16.8 Å². The number of carbonyl (C=O) groups excluding carboxylic acids is 1. The van der Waals surface area contributed by atoms with E-state index in [-0.39, 0.29) is 18.9 Å². The molecule has 0 aliphatic carbocycles. The van der Waals surface area contributed by atoms with Gasteiger partial charge in [0.15, 0.2) is 5.82 Å². The van der Waals surface area contributed by atoms with E-state index in [0.29, 0.717) is 17.4 Å². The van der Waals surface area contributed by atoms with Gasteiger partial charge in [0, 0.05) is 22.7 Å². The maximum absolute atomic E-state index is 12.6. The number of aliphatic hydroxyl groups is 1. The number of carbonyl (C=O) groups is 1. The van der Waals surface area contributed by atoms with Crippen LogP contribution in [0.2, 0.25) is 5.02 Å². The van der Waals surface area contributed by atoms with Gasteiger partial charge in [0.2, 0.25) is 5.91 Å². The van der Waals surface area contributed by atoms with Gasteiger partial charge in [-0.05, 0) is 54.8 Å². The Labute approximate surface area is 214 Å². The van der Waals surface area contributed by atoms with Crippen molar-refractivity contribution in [1.29, 1.82) is 0 Å². The maximum atomic E-state index is 12.6. The predicted octanol–water partition coefficient (Wildman–Crippen LogP) is 4.81. The molecule has 36 heavy (non-hydrogen) atoms. The fraction of sp³-hybridized carbons (Fsp3) is 0.214. The smallest absolute Gasteiger partial charge is 0.222 e. The van der Waals surface area contributed by atoms with Crippen LogP contribution in [-0.4, -0.2) is 38.0 Å². The number of aliphatic hydroxyl groups excluding tert-OH is 1. The van der Waals surface area contributed by atoms with Crippen molar-refractivity contribution in [3.05, 3.63) is 100 Å². The summed E-state index contributed by atoms with van der Waals surface area (Å²) in [5.74, 6) is 1.26. The molecule has 7 nitrogen and oxygen atoms in total. The third-order valence-corrected chi connectivity index (χ3v) is 6.52. The second kappa shape index (κ2) is 10.0. The van der Waals surface area contributed by atoms with Crippen LogP contribution >= 0.6 is 11.6 Å². The molecule has 2 N–H and O–H groups in total. The van der Waals surface area contributed by atoms with Gasteiger partial charge in [-0.2, -0.15) is 0 Å². The first-order chi connectivity index (χ1) is 17.5. The van der Waals surface area contributed by atoms with Gasteiger partial charge in [0.05, 0.1) is 24.4 Å². The highest BCUT2D eigenvalue weighted by Crippen LogP contribution is 2.35. The summed E-state index contributed by atoms with van der Waals surface area (Å²) in [5.41, 5.74) is 6.35. The summed E-state index contributed by atoms with van der Waals surface area (Å²) in [6.45, 7) is 4.34. The zero-order valence-corrected chi connectivity index (χ0v) is 20.8. The van der Waals surface area contributed by atoms with E-state index < -0.39 is 6.04 Å². The summed E-state index contributed by atoms with van der Waals surface area (Å²) >= 11 is 6.19. The van der Waals surface area contributed by atoms with Crippen molar-refractivity contribution in [3.63, 3.8) is 0 Å². The molecular formula is C28H26ClN5O2. The van der Waals surface area contributed by atoms with Gasteiger partial charge in [-0.15, -0.1) is 10.2 Å². The Morgan fingerprint density at radius 1 is 1.00 bits per heavy atom. The number of nitrogens with one attached hydrogen (secondary N) is 1. The van der Waals surface area contributed by atoms with E-state index in [1.54, 1.807) is 0 Å². The molecule has 5 rings (SSSR count). The lowest BCUT2D eigenvalue weighted by molar-refractivity contribution is -0.121. The average Bonchev–Trinajstić information content (AvgIpc) is 3.21. The van der Waals surface area contributed by atoms with Crippen molar-refractivity contribution in [1.82, 2.24) is 20.1 Å². The van der Waals surface area contributed by atoms with Crippen LogP contribution in [0, 0.1) is 6.92 Å². The molecule has 1 amide bonds. The van der Waals surface area contributed by atoms with Gasteiger partial charge in [0.1, 0.15) is 11.9 Å². The highest BCUT2D eigenvalue weighted by atomic mass is 35.5. The molecule has 1 atom stereocenters. The van der Waals surface area contributed by atoms with Crippen LogP contribution in [0.4, 0.5) is 0 Å². The lowest BCUT2D eigenvalue weighted by Gasteiger charge is -2.15. The molecule has 8 heteroatoms. The summed E-state index contributed by atoms with van der Waals surface area (Å²) in [4.78, 5) is 17.7. The van der Waals surface area contributed by atoms with E-state index in [0.717, 1.165) is 45.0 Å². The number of halogens is 1. The maximum Gasteiger partial charge on any atom is 0.222 e. The Morgan fingerprint density at radius 3 is 2.39 bits per heavy atom. The minimum Gasteiger partial charge on any atom is -0.392 e. The normalized spacial score (nSPS) is 14.4. The molecule has 182 valence electrons. The molecular weight excluding hydrogens is 474 g/mol. The fourth-order valence-corrected chi connectivity index (χ4v) is 4.62. The molecule has 0 saturated carbocycles. The lowest BCUT2D eigenvalue weighted by atomic mass is 9.95. The van der Waals surface area contributed by atoms with Gasteiger partial charge in [0.25, 0.3) is 0 Å². The standard InChI is InChI=1S/C28H26ClN5O2/c1-3-30-26(36)15-24-28-33-32-17(2)34(28)25-13-10-21(19-6-4-18(16-35)5-7-19)14-23(25)27(31-24)20-8-11-22(29)12-9-20/h4-14,24,35H,3,15-16H2,1-2H3,(H,30,36). The van der Waals surface area contributed by atoms with Gasteiger partial charge in [-0.25, -0.2) is 0 Å². The summed E-state index contributed by atoms with van der Waals surface area (Å²) in [6.07, 6.45) is 0.159. The van der Waals surface area contributed by atoms with Crippen molar-refractivity contribution < 1.29 is 9.90 Å². The molecule has 0 fully saturated rings. The fourth-order valence-electron chi connectivity index (χ4n) is 4.50. The zero-order valence-electron chi connectivity index (χ0n) is 20.1. The van der Waals surface area contributed by atoms with Crippen molar-refractivity contribution in [2.24, 2.45) is 4.99 Å². The van der Waals surface area contributed by atoms with Crippen molar-refractivity contribution in [2.75, 3.05) is 6.54 Å². The van der Waals surface area contributed by atoms with Crippen molar-refractivity contribution in [2.45, 2.75) is 32.9 Å². The Bertz CT molecular complexity index is 1440. The monoisotopic (exact) mass is 499 g/mol. The minimum absolute atomic E-state index is 0.000517. The van der Waals surface area contributed by atoms with Gasteiger partial charge >= 0.3 is 0 Å². The number of hydrogen-bond acceptors (Lipinski definition) is 5. The van der Waals surface area contributed by atoms with Crippen LogP contribution in [0.15, 0.2) is 71.7 Å². The number of rotatable bonds is 6. The first-order valence-corrected chi connectivity index (χ1v) is 12.2. The van der Waals surface area contributed by atoms with Gasteiger partial charge in [-0.3, -0.25) is 14.4 Å². The molecule has 1 unspecified atom stereocenters. The third-order valence-electron chi connectivity index (χ3n) is 6.27. The highest BCUT2D eigenvalue weighted by Gasteiger charge is 2.29. The number of aromatic nitrogens is 3. The molecule has 0 bridgehead atoms. The Balaban J connectivity index is 1.72. The topological polar surface area (TPSA) is 92.4 Å². The predicted molar refractivity (Wildman–Crippen MR) is 141 cm³/mol. The van der Waals surface area contributed by atoms with Crippen LogP contribution in [0.25, 0.3) is 16.8 Å². The summed E-state index contributed by atoms with van der Waals surface area (Å²) in [6, 6.07) is 21.1. The quantitative estimate of drug-likeness (QED) is 0.398. The second-order valence-corrected chi connectivity index (χ2v) is 9.12. The number of benzene rings is 3. The number of nitrogens with zero attached hydrogens (tertiary/aromatic N) is 4. The number of aliphatic imine (C=N–C) groups is 1. The Hall–Kier alpha value is -3.81. The summed E-state index contributed by atoms with van der Waals surface area (Å²) < 4.78 is 1.99. The molecule has 3 aromatic carbocycles. The summed E-state index contributed by atoms with van der Waals surface area (Å²) in [5, 5.41) is 21.7. The molecule has 2 heterocycles. The SMILES string of the molecule is CCNC(=O)CC1N=C(c2ccc(Cl)cc2)c2cc(-c3ccc(CO)cc3)ccc2-n2c(C)nnc21. The Kier molecular flexibility index (Phi) is 6.67. The second-order valence-electron chi connectivity index (χ2n) is 8.69. The van der Waals surface area contributed by atoms with E-state index >= 15 is 0 Å². The first kappa shape index (κ1) is 23.9. The number of amides is 1. The van der Waals surface area contributed by atoms with Gasteiger partial charge in [-0.1, -0.05) is 54.1 Å². The third kappa shape index (κ3) is 4.55. The molecule has 1 aromatic heterocycles. The van der Waals surface area contributed by atoms with Crippen molar-refractivity contribution >= 4 is 23.2 Å². The first-order valence-electron chi connectivity index (χ1n) is 11.9. The number of hydrogen-bond donors (Lipinski definition) is 2. The number of fused-ring (bicyclic) bond motifs is 3. The van der Waals surface area contributed by atoms with E-state index in [4.69, 9.17) is 16.6 Å². The van der Waals surface area contributed by atoms with Crippen LogP contribution < -0.4 is 5.32 Å². The molecule has 0 saturated heterocycles. The van der Waals surface area contributed by atoms with E-state index in [1.807, 2.05) is 73.0 Å². The molecule has 0 radical (unpaired) electrons. The van der Waals surface area contributed by atoms with Crippen LogP contribution in [0.5, 0.6) is 0 Å². The lowest BCUT2D eigenvalue weighted by Crippen LogP contribution is -2.25. The van der Waals surface area contributed by atoms with E-state index in [2.05, 4.69) is 27.6 Å². The molecule has 4 aromatic rings. The van der Waals surface area contributed by atoms with Gasteiger partial charge < -0.3 is 10.4 Å². The highest BCUT2D eigenvalue weighted by molar-refractivity contribution is 6.30. The minimum atomic E-state index is -0.511. The van der Waals surface area contributed by atoms with E-state index in [1.165, 1.54) is 0 Å². The average molecular weight is 500 g/mol. The van der Waals surface area contributed by atoms with Crippen LogP contribution in [0.3, 0.4) is 0 Å². The molecule has 0 spiro atoms.